The number of β-amino-alcohol motifs (C(OH)–C–C–N with tert-alkyl or cyclic N) is 1. The van der Waals surface area contributed by atoms with Gasteiger partial charge in [-0.3, -0.25) is 4.79 Å². The van der Waals surface area contributed by atoms with E-state index in [0.29, 0.717) is 25.3 Å². The summed E-state index contributed by atoms with van der Waals surface area (Å²) >= 11 is 0. The third-order valence-electron chi connectivity index (χ3n) is 2.21. The molecule has 0 aliphatic carbocycles. The normalized spacial score (nSPS) is 21.9. The van der Waals surface area contributed by atoms with Crippen LogP contribution in [0, 0.1) is 0 Å². The van der Waals surface area contributed by atoms with Crippen molar-refractivity contribution in [2.45, 2.75) is 18.9 Å². The third-order valence-corrected chi connectivity index (χ3v) is 2.21. The van der Waals surface area contributed by atoms with E-state index >= 15 is 0 Å². The Morgan fingerprint density at radius 3 is 3.14 bits per heavy atom. The van der Waals surface area contributed by atoms with Crippen molar-refractivity contribution in [2.24, 2.45) is 0 Å². The molecule has 1 aliphatic heterocycles. The number of hydrogen-bond acceptors (Lipinski definition) is 5. The highest BCUT2D eigenvalue weighted by molar-refractivity contribution is 5.78. The molecule has 1 amide bonds. The van der Waals surface area contributed by atoms with Crippen LogP contribution in [0.2, 0.25) is 0 Å². The number of carbonyl (C=O) groups excluding carboxylic acids is 1. The average molecular weight is 197 g/mol. The topological polar surface area (TPSA) is 79.5 Å². The van der Waals surface area contributed by atoms with Gasteiger partial charge in [-0.2, -0.15) is 4.98 Å². The molecule has 1 atom stereocenters. The molecule has 2 rings (SSSR count). The van der Waals surface area contributed by atoms with Gasteiger partial charge in [-0.15, -0.1) is 0 Å². The van der Waals surface area contributed by atoms with Crippen LogP contribution < -0.4 is 0 Å². The Hall–Kier alpha value is -1.43. The first-order chi connectivity index (χ1) is 6.75. The van der Waals surface area contributed by atoms with E-state index in [4.69, 9.17) is 0 Å². The number of hydrogen-bond donors (Lipinski definition) is 1. The molecule has 14 heavy (non-hydrogen) atoms. The Morgan fingerprint density at radius 1 is 1.71 bits per heavy atom. The molecule has 76 valence electrons. The Balaban J connectivity index is 1.84. The van der Waals surface area contributed by atoms with Crippen LogP contribution in [0.15, 0.2) is 10.9 Å². The fraction of sp³-hybridized carbons (Fsp3) is 0.625. The molecule has 0 radical (unpaired) electrons. The monoisotopic (exact) mass is 197 g/mol. The van der Waals surface area contributed by atoms with Gasteiger partial charge in [-0.1, -0.05) is 5.16 Å². The highest BCUT2D eigenvalue weighted by atomic mass is 16.5. The van der Waals surface area contributed by atoms with E-state index in [0.717, 1.165) is 0 Å². The Kier molecular flexibility index (Phi) is 2.45. The summed E-state index contributed by atoms with van der Waals surface area (Å²) in [6.45, 7) is 0.951. The van der Waals surface area contributed by atoms with Crippen molar-refractivity contribution in [1.82, 2.24) is 15.0 Å². The molecule has 0 bridgehead atoms. The second kappa shape index (κ2) is 3.75. The lowest BCUT2D eigenvalue weighted by molar-refractivity contribution is -0.127. The molecule has 1 aromatic heterocycles. The minimum Gasteiger partial charge on any atom is -0.391 e. The van der Waals surface area contributed by atoms with Gasteiger partial charge in [0.2, 0.25) is 12.3 Å². The zero-order chi connectivity index (χ0) is 9.97. The predicted octanol–water partition coefficient (Wildman–Crippen LogP) is -0.795. The highest BCUT2D eigenvalue weighted by Crippen LogP contribution is 2.10. The van der Waals surface area contributed by atoms with E-state index in [1.807, 2.05) is 0 Å². The fourth-order valence-corrected chi connectivity index (χ4v) is 1.50. The van der Waals surface area contributed by atoms with Crippen molar-refractivity contribution in [3.05, 3.63) is 12.2 Å². The van der Waals surface area contributed by atoms with Crippen LogP contribution in [0.25, 0.3) is 0 Å². The van der Waals surface area contributed by atoms with Crippen LogP contribution in [0.3, 0.4) is 0 Å². The molecule has 1 N–H and O–H groups in total. The zero-order valence-corrected chi connectivity index (χ0v) is 7.59. The second-order valence-electron chi connectivity index (χ2n) is 3.30. The first kappa shape index (κ1) is 9.14. The fourth-order valence-electron chi connectivity index (χ4n) is 1.50. The van der Waals surface area contributed by atoms with E-state index in [9.17, 15) is 9.90 Å². The standard InChI is InChI=1S/C8H11N3O3/c12-6-3-8(13)11(4-6)2-1-7-9-5-14-10-7/h5-6,12H,1-4H2. The summed E-state index contributed by atoms with van der Waals surface area (Å²) in [5, 5.41) is 12.8. The molecule has 6 heteroatoms. The van der Waals surface area contributed by atoms with Crippen molar-refractivity contribution >= 4 is 5.91 Å². The maximum Gasteiger partial charge on any atom is 0.225 e. The Labute approximate surface area is 80.5 Å². The van der Waals surface area contributed by atoms with Gasteiger partial charge in [0, 0.05) is 19.5 Å². The van der Waals surface area contributed by atoms with Crippen LogP contribution in [-0.4, -0.2) is 45.2 Å². The van der Waals surface area contributed by atoms with E-state index in [-0.39, 0.29) is 12.3 Å². The van der Waals surface area contributed by atoms with Crippen molar-refractivity contribution in [2.75, 3.05) is 13.1 Å². The van der Waals surface area contributed by atoms with Crippen LogP contribution in [0.4, 0.5) is 0 Å². The molecular weight excluding hydrogens is 186 g/mol. The van der Waals surface area contributed by atoms with E-state index in [1.165, 1.54) is 6.39 Å². The van der Waals surface area contributed by atoms with Crippen molar-refractivity contribution in [3.8, 4) is 0 Å². The summed E-state index contributed by atoms with van der Waals surface area (Å²) in [4.78, 5) is 16.7. The number of rotatable bonds is 3. The first-order valence-corrected chi connectivity index (χ1v) is 4.47. The third kappa shape index (κ3) is 1.90. The van der Waals surface area contributed by atoms with Crippen LogP contribution in [-0.2, 0) is 11.2 Å². The second-order valence-corrected chi connectivity index (χ2v) is 3.30. The number of aliphatic hydroxyl groups excluding tert-OH is 1. The molecule has 1 aliphatic rings. The lowest BCUT2D eigenvalue weighted by atomic mass is 10.3. The van der Waals surface area contributed by atoms with Crippen molar-refractivity contribution in [1.29, 1.82) is 0 Å². The molecule has 1 aromatic rings. The first-order valence-electron chi connectivity index (χ1n) is 4.47. The van der Waals surface area contributed by atoms with E-state index < -0.39 is 6.10 Å². The van der Waals surface area contributed by atoms with Gasteiger partial charge in [-0.05, 0) is 0 Å². The summed E-state index contributed by atoms with van der Waals surface area (Å²) in [6, 6.07) is 0. The van der Waals surface area contributed by atoms with Crippen LogP contribution in [0.1, 0.15) is 12.2 Å². The molecule has 1 saturated heterocycles. The van der Waals surface area contributed by atoms with Gasteiger partial charge in [0.15, 0.2) is 5.82 Å². The molecular formula is C8H11N3O3. The number of aliphatic hydroxyl groups is 1. The summed E-state index contributed by atoms with van der Waals surface area (Å²) in [5.41, 5.74) is 0. The summed E-state index contributed by atoms with van der Waals surface area (Å²) in [5.74, 6) is 0.570. The lowest BCUT2D eigenvalue weighted by Crippen LogP contribution is -2.28. The van der Waals surface area contributed by atoms with Gasteiger partial charge in [0.25, 0.3) is 0 Å². The molecule has 6 nitrogen and oxygen atoms in total. The average Bonchev–Trinajstić information content (AvgIpc) is 2.72. The molecule has 0 spiro atoms. The molecule has 0 saturated carbocycles. The number of amides is 1. The number of carbonyl (C=O) groups is 1. The largest absolute Gasteiger partial charge is 0.391 e. The van der Waals surface area contributed by atoms with Crippen molar-refractivity contribution < 1.29 is 14.4 Å². The summed E-state index contributed by atoms with van der Waals surface area (Å²) in [6.07, 6.45) is 1.53. The minimum absolute atomic E-state index is 0.0130. The lowest BCUT2D eigenvalue weighted by Gasteiger charge is -2.13. The predicted molar refractivity (Wildman–Crippen MR) is 45.2 cm³/mol. The summed E-state index contributed by atoms with van der Waals surface area (Å²) < 4.78 is 4.56. The van der Waals surface area contributed by atoms with Gasteiger partial charge in [0.05, 0.1) is 12.5 Å². The van der Waals surface area contributed by atoms with Gasteiger partial charge in [0.1, 0.15) is 0 Å². The maximum absolute atomic E-state index is 11.2. The molecule has 1 fully saturated rings. The zero-order valence-electron chi connectivity index (χ0n) is 7.59. The SMILES string of the molecule is O=C1CC(O)CN1CCc1ncon1. The quantitative estimate of drug-likeness (QED) is 0.686. The van der Waals surface area contributed by atoms with Crippen molar-refractivity contribution in [3.63, 3.8) is 0 Å². The Morgan fingerprint density at radius 2 is 2.57 bits per heavy atom. The summed E-state index contributed by atoms with van der Waals surface area (Å²) in [7, 11) is 0. The van der Waals surface area contributed by atoms with Gasteiger partial charge >= 0.3 is 0 Å². The maximum atomic E-state index is 11.2. The Bertz CT molecular complexity index is 312. The van der Waals surface area contributed by atoms with Crippen LogP contribution in [0.5, 0.6) is 0 Å². The molecule has 0 aromatic carbocycles. The van der Waals surface area contributed by atoms with Gasteiger partial charge in [-0.25, -0.2) is 0 Å². The molecule has 1 unspecified atom stereocenters. The highest BCUT2D eigenvalue weighted by Gasteiger charge is 2.27. The minimum atomic E-state index is -0.521. The van der Waals surface area contributed by atoms with E-state index in [1.54, 1.807) is 4.90 Å². The number of aromatic nitrogens is 2. The van der Waals surface area contributed by atoms with Gasteiger partial charge < -0.3 is 14.5 Å². The number of nitrogens with zero attached hydrogens (tertiary/aromatic N) is 3. The van der Waals surface area contributed by atoms with E-state index in [2.05, 4.69) is 14.7 Å². The smallest absolute Gasteiger partial charge is 0.225 e. The van der Waals surface area contributed by atoms with Crippen LogP contribution >= 0.6 is 0 Å². The molecule has 2 heterocycles. The number of likely N-dealkylation sites (tertiary alicyclic amines) is 1.